The molecule has 0 fully saturated rings. The van der Waals surface area contributed by atoms with E-state index in [0.29, 0.717) is 28.9 Å². The molecule has 4 heteroatoms. The fourth-order valence-electron chi connectivity index (χ4n) is 3.16. The van der Waals surface area contributed by atoms with Crippen LogP contribution in [0.25, 0.3) is 11.0 Å². The molecule has 2 heterocycles. The highest BCUT2D eigenvalue weighted by molar-refractivity contribution is 5.98. The van der Waals surface area contributed by atoms with Gasteiger partial charge in [-0.15, -0.1) is 0 Å². The Morgan fingerprint density at radius 3 is 2.71 bits per heavy atom. The maximum Gasteiger partial charge on any atom is 0.343 e. The largest absolute Gasteiger partial charge is 0.491 e. The monoisotopic (exact) mass is 320 g/mol. The summed E-state index contributed by atoms with van der Waals surface area (Å²) in [6.07, 6.45) is 0.343. The average molecular weight is 320 g/mol. The molecule has 1 unspecified atom stereocenters. The zero-order valence-electron chi connectivity index (χ0n) is 13.2. The van der Waals surface area contributed by atoms with E-state index in [9.17, 15) is 9.59 Å². The summed E-state index contributed by atoms with van der Waals surface area (Å²) in [5, 5.41) is 0.787. The molecule has 0 N–H and O–H groups in total. The lowest BCUT2D eigenvalue weighted by atomic mass is 9.90. The molecule has 3 aromatic rings. The molecule has 0 bridgehead atoms. The molecule has 4 nitrogen and oxygen atoms in total. The van der Waals surface area contributed by atoms with Crippen LogP contribution in [0.5, 0.6) is 5.75 Å². The molecule has 120 valence electrons. The van der Waals surface area contributed by atoms with Crippen molar-refractivity contribution in [3.63, 3.8) is 0 Å². The highest BCUT2D eigenvalue weighted by atomic mass is 16.5. The summed E-state index contributed by atoms with van der Waals surface area (Å²) in [7, 11) is 0. The van der Waals surface area contributed by atoms with E-state index in [1.165, 1.54) is 0 Å². The first-order valence-electron chi connectivity index (χ1n) is 7.92. The average Bonchev–Trinajstić information content (AvgIpc) is 2.62. The van der Waals surface area contributed by atoms with Crippen molar-refractivity contribution in [2.45, 2.75) is 13.3 Å². The minimum atomic E-state index is -0.424. The molecule has 0 amide bonds. The minimum Gasteiger partial charge on any atom is -0.491 e. The lowest BCUT2D eigenvalue weighted by molar-refractivity contribution is 0.0854. The Bertz CT molecular complexity index is 986. The van der Waals surface area contributed by atoms with Crippen molar-refractivity contribution in [3.8, 4) is 5.75 Å². The van der Waals surface area contributed by atoms with E-state index < -0.39 is 5.63 Å². The van der Waals surface area contributed by atoms with Gasteiger partial charge in [0.2, 0.25) is 0 Å². The topological polar surface area (TPSA) is 56.5 Å². The van der Waals surface area contributed by atoms with Crippen LogP contribution in [0, 0.1) is 12.8 Å². The quantitative estimate of drug-likeness (QED) is 0.535. The Morgan fingerprint density at radius 2 is 1.92 bits per heavy atom. The molecule has 0 aliphatic carbocycles. The zero-order chi connectivity index (χ0) is 16.7. The third kappa shape index (κ3) is 2.40. The molecule has 1 aliphatic rings. The summed E-state index contributed by atoms with van der Waals surface area (Å²) in [5.41, 5.74) is 2.23. The first-order chi connectivity index (χ1) is 11.6. The van der Waals surface area contributed by atoms with Gasteiger partial charge in [-0.1, -0.05) is 42.0 Å². The number of ether oxygens (including phenoxy) is 1. The Morgan fingerprint density at radius 1 is 1.12 bits per heavy atom. The first-order valence-corrected chi connectivity index (χ1v) is 7.92. The Hall–Kier alpha value is -2.88. The molecule has 0 spiro atoms. The Labute approximate surface area is 138 Å². The fourth-order valence-corrected chi connectivity index (χ4v) is 3.16. The number of hydrogen-bond donors (Lipinski definition) is 0. The van der Waals surface area contributed by atoms with Gasteiger partial charge in [-0.05, 0) is 25.5 Å². The van der Waals surface area contributed by atoms with E-state index in [0.717, 1.165) is 10.9 Å². The van der Waals surface area contributed by atoms with Crippen molar-refractivity contribution in [1.29, 1.82) is 0 Å². The molecular weight excluding hydrogens is 304 g/mol. The number of aryl methyl sites for hydroxylation is 1. The molecule has 0 radical (unpaired) electrons. The van der Waals surface area contributed by atoms with E-state index in [1.807, 2.05) is 37.3 Å². The third-order valence-electron chi connectivity index (χ3n) is 4.41. The number of rotatable bonds is 2. The maximum absolute atomic E-state index is 12.6. The Kier molecular flexibility index (Phi) is 3.45. The van der Waals surface area contributed by atoms with Crippen LogP contribution in [0.1, 0.15) is 21.5 Å². The maximum atomic E-state index is 12.6. The molecule has 0 saturated carbocycles. The lowest BCUT2D eigenvalue weighted by Crippen LogP contribution is -2.31. The normalized spacial score (nSPS) is 16.5. The highest BCUT2D eigenvalue weighted by Crippen LogP contribution is 2.34. The second kappa shape index (κ2) is 5.64. The van der Waals surface area contributed by atoms with Gasteiger partial charge in [0, 0.05) is 5.56 Å². The van der Waals surface area contributed by atoms with E-state index in [4.69, 9.17) is 9.15 Å². The van der Waals surface area contributed by atoms with Crippen LogP contribution in [0.15, 0.2) is 57.7 Å². The van der Waals surface area contributed by atoms with Gasteiger partial charge in [0.1, 0.15) is 11.3 Å². The van der Waals surface area contributed by atoms with Crippen LogP contribution in [-0.2, 0) is 6.42 Å². The van der Waals surface area contributed by atoms with Crippen molar-refractivity contribution in [3.05, 3.63) is 75.6 Å². The summed E-state index contributed by atoms with van der Waals surface area (Å²) in [6, 6.07) is 14.7. The molecule has 1 aromatic heterocycles. The van der Waals surface area contributed by atoms with E-state index in [-0.39, 0.29) is 18.3 Å². The van der Waals surface area contributed by atoms with Gasteiger partial charge >= 0.3 is 5.63 Å². The number of hydrogen-bond acceptors (Lipinski definition) is 4. The SMILES string of the molecule is Cc1ccc2oc(=O)c3c(c2c1)OCC(C(=O)c1ccccc1)C3. The predicted octanol–water partition coefficient (Wildman–Crippen LogP) is 3.54. The van der Waals surface area contributed by atoms with Crippen LogP contribution >= 0.6 is 0 Å². The summed E-state index contributed by atoms with van der Waals surface area (Å²) in [5.74, 6) is 0.178. The van der Waals surface area contributed by atoms with Gasteiger partial charge in [0.05, 0.1) is 23.5 Å². The van der Waals surface area contributed by atoms with Crippen molar-refractivity contribution in [2.75, 3.05) is 6.61 Å². The van der Waals surface area contributed by atoms with Crippen LogP contribution in [0.4, 0.5) is 0 Å². The van der Waals surface area contributed by atoms with E-state index in [1.54, 1.807) is 18.2 Å². The Balaban J connectivity index is 1.76. The van der Waals surface area contributed by atoms with Gasteiger partial charge in [-0.25, -0.2) is 4.79 Å². The number of carbonyl (C=O) groups excluding carboxylic acids is 1. The minimum absolute atomic E-state index is 0.00927. The fraction of sp³-hybridized carbons (Fsp3) is 0.200. The molecule has 1 atom stereocenters. The second-order valence-electron chi connectivity index (χ2n) is 6.14. The highest BCUT2D eigenvalue weighted by Gasteiger charge is 2.30. The number of Topliss-reactive ketones (excluding diaryl/α,β-unsaturated/α-hetero) is 1. The second-order valence-corrected chi connectivity index (χ2v) is 6.14. The van der Waals surface area contributed by atoms with Gasteiger partial charge < -0.3 is 9.15 Å². The van der Waals surface area contributed by atoms with E-state index >= 15 is 0 Å². The van der Waals surface area contributed by atoms with Gasteiger partial charge in [-0.3, -0.25) is 4.79 Å². The van der Waals surface area contributed by atoms with E-state index in [2.05, 4.69) is 0 Å². The number of carbonyl (C=O) groups is 1. The van der Waals surface area contributed by atoms with Gasteiger partial charge in [-0.2, -0.15) is 0 Å². The van der Waals surface area contributed by atoms with Crippen molar-refractivity contribution in [2.24, 2.45) is 5.92 Å². The molecule has 0 saturated heterocycles. The van der Waals surface area contributed by atoms with Crippen molar-refractivity contribution in [1.82, 2.24) is 0 Å². The van der Waals surface area contributed by atoms with Crippen LogP contribution in [0.2, 0.25) is 0 Å². The number of ketones is 1. The molecular formula is C20H16O4. The summed E-state index contributed by atoms with van der Waals surface area (Å²) < 4.78 is 11.2. The molecule has 1 aliphatic heterocycles. The first kappa shape index (κ1) is 14.7. The van der Waals surface area contributed by atoms with Crippen LogP contribution < -0.4 is 10.4 Å². The summed E-state index contributed by atoms with van der Waals surface area (Å²) >= 11 is 0. The van der Waals surface area contributed by atoms with Gasteiger partial charge in [0.15, 0.2) is 5.78 Å². The number of fused-ring (bicyclic) bond motifs is 3. The van der Waals surface area contributed by atoms with Crippen LogP contribution in [0.3, 0.4) is 0 Å². The number of benzene rings is 2. The van der Waals surface area contributed by atoms with Gasteiger partial charge in [0.25, 0.3) is 0 Å². The van der Waals surface area contributed by atoms with Crippen LogP contribution in [-0.4, -0.2) is 12.4 Å². The van der Waals surface area contributed by atoms with Crippen molar-refractivity contribution >= 4 is 16.8 Å². The predicted molar refractivity (Wildman–Crippen MR) is 90.7 cm³/mol. The molecule has 24 heavy (non-hydrogen) atoms. The zero-order valence-corrected chi connectivity index (χ0v) is 13.2. The summed E-state index contributed by atoms with van der Waals surface area (Å²) in [6.45, 7) is 2.24. The standard InChI is InChI=1S/C20H16O4/c1-12-7-8-17-15(9-12)19-16(20(22)24-17)10-14(11-23-19)18(21)13-5-3-2-4-6-13/h2-9,14H,10-11H2,1H3. The third-order valence-corrected chi connectivity index (χ3v) is 4.41. The lowest BCUT2D eigenvalue weighted by Gasteiger charge is -2.24. The smallest absolute Gasteiger partial charge is 0.343 e. The summed E-state index contributed by atoms with van der Waals surface area (Å²) in [4.78, 5) is 24.9. The molecule has 2 aromatic carbocycles. The molecule has 4 rings (SSSR count). The van der Waals surface area contributed by atoms with Crippen molar-refractivity contribution < 1.29 is 13.9 Å².